The highest BCUT2D eigenvalue weighted by Gasteiger charge is 2.08. The summed E-state index contributed by atoms with van der Waals surface area (Å²) in [5.74, 6) is 0.0733. The first-order valence-corrected chi connectivity index (χ1v) is 4.76. The molecule has 0 aliphatic carbocycles. The number of hydrogen-bond acceptors (Lipinski definition) is 4. The molecule has 0 saturated carbocycles. The van der Waals surface area contributed by atoms with Crippen LogP contribution in [0.2, 0.25) is 0 Å². The number of nitrogens with two attached hydrogens (primary N) is 1. The van der Waals surface area contributed by atoms with Crippen LogP contribution in [-0.4, -0.2) is 5.11 Å². The Kier molecular flexibility index (Phi) is 2.28. The second kappa shape index (κ2) is 3.47. The fraction of sp³-hybridized carbons (Fsp3) is 0.100. The van der Waals surface area contributed by atoms with Crippen LogP contribution in [0.25, 0.3) is 11.0 Å². The van der Waals surface area contributed by atoms with Gasteiger partial charge >= 0.3 is 5.63 Å². The molecule has 1 aromatic carbocycles. The number of fused-ring (bicyclic) bond motifs is 1. The summed E-state index contributed by atoms with van der Waals surface area (Å²) in [6, 6.07) is 4.15. The number of rotatable bonds is 1. The molecule has 0 unspecified atom stereocenters. The number of alkyl halides is 1. The van der Waals surface area contributed by atoms with E-state index in [0.717, 1.165) is 0 Å². The summed E-state index contributed by atoms with van der Waals surface area (Å²) in [5, 5.41) is 9.99. The normalized spacial score (nSPS) is 10.7. The molecule has 0 amide bonds. The van der Waals surface area contributed by atoms with Crippen LogP contribution in [0.15, 0.2) is 27.4 Å². The Bertz CT molecular complexity index is 577. The van der Waals surface area contributed by atoms with E-state index in [2.05, 4.69) is 0 Å². The Labute approximate surface area is 89.9 Å². The van der Waals surface area contributed by atoms with Gasteiger partial charge in [-0.25, -0.2) is 4.79 Å². The van der Waals surface area contributed by atoms with Crippen LogP contribution >= 0.6 is 11.6 Å². The van der Waals surface area contributed by atoms with E-state index in [1.807, 2.05) is 0 Å². The van der Waals surface area contributed by atoms with Gasteiger partial charge < -0.3 is 15.3 Å². The lowest BCUT2D eigenvalue weighted by Gasteiger charge is -2.04. The Morgan fingerprint density at radius 1 is 1.40 bits per heavy atom. The van der Waals surface area contributed by atoms with Crippen molar-refractivity contribution in [3.8, 4) is 5.75 Å². The summed E-state index contributed by atoms with van der Waals surface area (Å²) in [6.07, 6.45) is 0. The predicted molar refractivity (Wildman–Crippen MR) is 58.1 cm³/mol. The topological polar surface area (TPSA) is 76.5 Å². The first-order chi connectivity index (χ1) is 7.11. The van der Waals surface area contributed by atoms with Crippen LogP contribution < -0.4 is 11.4 Å². The Morgan fingerprint density at radius 2 is 2.13 bits per heavy atom. The van der Waals surface area contributed by atoms with Gasteiger partial charge in [0.05, 0.1) is 5.69 Å². The molecule has 15 heavy (non-hydrogen) atoms. The van der Waals surface area contributed by atoms with E-state index >= 15 is 0 Å². The van der Waals surface area contributed by atoms with Gasteiger partial charge in [-0.1, -0.05) is 0 Å². The lowest BCUT2D eigenvalue weighted by Crippen LogP contribution is -2.00. The summed E-state index contributed by atoms with van der Waals surface area (Å²) >= 11 is 5.69. The SMILES string of the molecule is Nc1cc2c(CCl)cc(=O)oc2cc1O. The molecule has 0 spiro atoms. The molecule has 0 fully saturated rings. The quantitative estimate of drug-likeness (QED) is 0.336. The van der Waals surface area contributed by atoms with Crippen molar-refractivity contribution in [1.82, 2.24) is 0 Å². The number of aromatic hydroxyl groups is 1. The highest BCUT2D eigenvalue weighted by molar-refractivity contribution is 6.18. The molecule has 2 rings (SSSR count). The molecule has 1 aromatic heterocycles. The predicted octanol–water partition coefficient (Wildman–Crippen LogP) is 1.82. The first-order valence-electron chi connectivity index (χ1n) is 4.23. The molecule has 0 radical (unpaired) electrons. The van der Waals surface area contributed by atoms with Crippen molar-refractivity contribution in [1.29, 1.82) is 0 Å². The van der Waals surface area contributed by atoms with Crippen molar-refractivity contribution in [2.75, 3.05) is 5.73 Å². The summed E-state index contributed by atoms with van der Waals surface area (Å²) < 4.78 is 4.91. The number of benzene rings is 1. The molecule has 1 heterocycles. The molecule has 4 nitrogen and oxygen atoms in total. The average molecular weight is 226 g/mol. The lowest BCUT2D eigenvalue weighted by atomic mass is 10.1. The summed E-state index contributed by atoms with van der Waals surface area (Å²) in [5.41, 5.74) is 6.18. The van der Waals surface area contributed by atoms with Crippen LogP contribution in [0.4, 0.5) is 5.69 Å². The molecule has 0 bridgehead atoms. The minimum Gasteiger partial charge on any atom is -0.506 e. The zero-order chi connectivity index (χ0) is 11.0. The van der Waals surface area contributed by atoms with Gasteiger partial charge in [0.1, 0.15) is 11.3 Å². The third-order valence-corrected chi connectivity index (χ3v) is 2.41. The Morgan fingerprint density at radius 3 is 2.80 bits per heavy atom. The molecular formula is C10H8ClNO3. The fourth-order valence-electron chi connectivity index (χ4n) is 1.39. The van der Waals surface area contributed by atoms with Gasteiger partial charge in [-0.2, -0.15) is 0 Å². The highest BCUT2D eigenvalue weighted by Crippen LogP contribution is 2.28. The summed E-state index contributed by atoms with van der Waals surface area (Å²) in [6.45, 7) is 0. The first kappa shape index (κ1) is 9.86. The van der Waals surface area contributed by atoms with Crippen molar-refractivity contribution < 1.29 is 9.52 Å². The van der Waals surface area contributed by atoms with Crippen LogP contribution in [-0.2, 0) is 5.88 Å². The van der Waals surface area contributed by atoms with E-state index < -0.39 is 5.63 Å². The van der Waals surface area contributed by atoms with Crippen molar-refractivity contribution in [2.45, 2.75) is 5.88 Å². The van der Waals surface area contributed by atoms with E-state index in [1.165, 1.54) is 18.2 Å². The minimum absolute atomic E-state index is 0.114. The molecular weight excluding hydrogens is 218 g/mol. The maximum absolute atomic E-state index is 11.1. The standard InChI is InChI=1S/C10H8ClNO3/c11-4-5-1-10(14)15-9-3-8(13)7(12)2-6(5)9/h1-3,13H,4,12H2. The summed E-state index contributed by atoms with van der Waals surface area (Å²) in [4.78, 5) is 11.1. The fourth-order valence-corrected chi connectivity index (χ4v) is 1.61. The van der Waals surface area contributed by atoms with E-state index in [4.69, 9.17) is 21.8 Å². The van der Waals surface area contributed by atoms with Gasteiger partial charge in [0, 0.05) is 23.4 Å². The molecule has 5 heteroatoms. The van der Waals surface area contributed by atoms with Gasteiger partial charge in [0.15, 0.2) is 0 Å². The van der Waals surface area contributed by atoms with Gasteiger partial charge in [0.25, 0.3) is 0 Å². The number of phenols is 1. The molecule has 0 saturated heterocycles. The monoisotopic (exact) mass is 225 g/mol. The number of phenolic OH excluding ortho intramolecular Hbond substituents is 1. The average Bonchev–Trinajstić information content (AvgIpc) is 2.19. The van der Waals surface area contributed by atoms with Gasteiger partial charge in [-0.15, -0.1) is 11.6 Å². The second-order valence-electron chi connectivity index (χ2n) is 3.13. The molecule has 0 aliphatic heterocycles. The largest absolute Gasteiger partial charge is 0.506 e. The smallest absolute Gasteiger partial charge is 0.336 e. The molecule has 3 N–H and O–H groups in total. The zero-order valence-electron chi connectivity index (χ0n) is 7.66. The van der Waals surface area contributed by atoms with E-state index in [0.29, 0.717) is 10.9 Å². The van der Waals surface area contributed by atoms with E-state index in [9.17, 15) is 9.90 Å². The van der Waals surface area contributed by atoms with Crippen LogP contribution in [0.1, 0.15) is 5.56 Å². The zero-order valence-corrected chi connectivity index (χ0v) is 8.41. The number of hydrogen-bond donors (Lipinski definition) is 2. The van der Waals surface area contributed by atoms with Crippen molar-refractivity contribution in [3.63, 3.8) is 0 Å². The van der Waals surface area contributed by atoms with Crippen LogP contribution in [0, 0.1) is 0 Å². The van der Waals surface area contributed by atoms with Crippen molar-refractivity contribution >= 4 is 28.3 Å². The highest BCUT2D eigenvalue weighted by atomic mass is 35.5. The van der Waals surface area contributed by atoms with E-state index in [-0.39, 0.29) is 22.9 Å². The Balaban J connectivity index is 2.90. The maximum Gasteiger partial charge on any atom is 0.336 e. The van der Waals surface area contributed by atoms with Crippen molar-refractivity contribution in [2.24, 2.45) is 0 Å². The van der Waals surface area contributed by atoms with Gasteiger partial charge in [0.2, 0.25) is 0 Å². The van der Waals surface area contributed by atoms with Gasteiger partial charge in [-0.05, 0) is 11.6 Å². The van der Waals surface area contributed by atoms with Crippen molar-refractivity contribution in [3.05, 3.63) is 34.2 Å². The molecule has 0 atom stereocenters. The number of nitrogen functional groups attached to an aromatic ring is 1. The molecule has 2 aromatic rings. The molecule has 0 aliphatic rings. The maximum atomic E-state index is 11.1. The third-order valence-electron chi connectivity index (χ3n) is 2.12. The molecule has 78 valence electrons. The Hall–Kier alpha value is -1.68. The summed E-state index contributed by atoms with van der Waals surface area (Å²) in [7, 11) is 0. The van der Waals surface area contributed by atoms with Crippen LogP contribution in [0.3, 0.4) is 0 Å². The van der Waals surface area contributed by atoms with Gasteiger partial charge in [-0.3, -0.25) is 0 Å². The van der Waals surface area contributed by atoms with E-state index in [1.54, 1.807) is 0 Å². The number of halogens is 1. The lowest BCUT2D eigenvalue weighted by molar-refractivity contribution is 0.475. The number of anilines is 1. The second-order valence-corrected chi connectivity index (χ2v) is 3.40. The third kappa shape index (κ3) is 1.64. The minimum atomic E-state index is -0.498. The van der Waals surface area contributed by atoms with Crippen LogP contribution in [0.5, 0.6) is 5.75 Å².